The van der Waals surface area contributed by atoms with E-state index in [-0.39, 0.29) is 22.6 Å². The minimum Gasteiger partial charge on any atom is -0.457 e. The molecule has 0 aliphatic heterocycles. The molecule has 4 rings (SSSR count). The van der Waals surface area contributed by atoms with Gasteiger partial charge in [-0.2, -0.15) is 13.2 Å². The van der Waals surface area contributed by atoms with Crippen LogP contribution in [0.3, 0.4) is 0 Å². The third kappa shape index (κ3) is 7.27. The van der Waals surface area contributed by atoms with Gasteiger partial charge in [-0.25, -0.2) is 8.42 Å². The second-order valence-electron chi connectivity index (χ2n) is 8.14. The minimum atomic E-state index is -4.62. The van der Waals surface area contributed by atoms with Crippen molar-refractivity contribution in [1.82, 2.24) is 0 Å². The predicted molar refractivity (Wildman–Crippen MR) is 140 cm³/mol. The van der Waals surface area contributed by atoms with Gasteiger partial charge in [0.25, 0.3) is 5.91 Å². The number of amides is 1. The molecule has 0 aromatic heterocycles. The lowest BCUT2D eigenvalue weighted by atomic mass is 10.1. The highest BCUT2D eigenvalue weighted by atomic mass is 35.5. The van der Waals surface area contributed by atoms with Crippen LogP contribution in [0.15, 0.2) is 97.1 Å². The Kier molecular flexibility index (Phi) is 7.94. The largest absolute Gasteiger partial charge is 0.457 e. The fourth-order valence-electron chi connectivity index (χ4n) is 3.48. The Labute approximate surface area is 222 Å². The second kappa shape index (κ2) is 11.2. The molecule has 0 aliphatic rings. The number of carbonyl (C=O) groups excluding carboxylic acids is 1. The third-order valence-corrected chi connectivity index (χ3v) is 6.69. The number of halogens is 4. The van der Waals surface area contributed by atoms with Crippen LogP contribution < -0.4 is 14.8 Å². The van der Waals surface area contributed by atoms with E-state index < -0.39 is 33.4 Å². The summed E-state index contributed by atoms with van der Waals surface area (Å²) in [6.45, 7) is 0. The van der Waals surface area contributed by atoms with Crippen LogP contribution >= 0.6 is 11.6 Å². The number of sulfonamides is 1. The van der Waals surface area contributed by atoms with Gasteiger partial charge in [0.2, 0.25) is 10.0 Å². The van der Waals surface area contributed by atoms with E-state index >= 15 is 0 Å². The average Bonchev–Trinajstić information content (AvgIpc) is 2.86. The van der Waals surface area contributed by atoms with Crippen molar-refractivity contribution < 1.29 is 31.1 Å². The first-order valence-electron chi connectivity index (χ1n) is 11.1. The molecule has 1 amide bonds. The Morgan fingerprint density at radius 3 is 2.24 bits per heavy atom. The van der Waals surface area contributed by atoms with Crippen LogP contribution in [0.5, 0.6) is 11.5 Å². The van der Waals surface area contributed by atoms with Crippen LogP contribution in [-0.4, -0.2) is 14.3 Å². The summed E-state index contributed by atoms with van der Waals surface area (Å²) in [4.78, 5) is 13.2. The Balaban J connectivity index is 1.63. The maximum atomic E-state index is 13.2. The van der Waals surface area contributed by atoms with Crippen molar-refractivity contribution in [1.29, 1.82) is 0 Å². The lowest BCUT2D eigenvalue weighted by Gasteiger charge is -2.15. The van der Waals surface area contributed by atoms with Crippen molar-refractivity contribution >= 4 is 38.9 Å². The van der Waals surface area contributed by atoms with Gasteiger partial charge in [-0.1, -0.05) is 48.0 Å². The highest BCUT2D eigenvalue weighted by Gasteiger charge is 2.30. The smallest absolute Gasteiger partial charge is 0.416 e. The van der Waals surface area contributed by atoms with Crippen LogP contribution in [0.4, 0.5) is 24.5 Å². The van der Waals surface area contributed by atoms with E-state index in [1.165, 1.54) is 24.3 Å². The quantitative estimate of drug-likeness (QED) is 0.236. The van der Waals surface area contributed by atoms with E-state index in [0.29, 0.717) is 16.5 Å². The first kappa shape index (κ1) is 27.0. The fraction of sp³-hybridized carbons (Fsp3) is 0.0741. The lowest BCUT2D eigenvalue weighted by Crippen LogP contribution is -2.20. The van der Waals surface area contributed by atoms with Crippen LogP contribution in [0.1, 0.15) is 21.5 Å². The number of para-hydroxylation sites is 1. The van der Waals surface area contributed by atoms with Crippen LogP contribution in [0, 0.1) is 0 Å². The molecule has 0 saturated carbocycles. The van der Waals surface area contributed by atoms with E-state index in [0.717, 1.165) is 18.2 Å². The fourth-order valence-corrected chi connectivity index (χ4v) is 4.81. The van der Waals surface area contributed by atoms with Gasteiger partial charge in [-0.15, -0.1) is 0 Å². The molecule has 0 heterocycles. The maximum absolute atomic E-state index is 13.2. The second-order valence-corrected chi connectivity index (χ2v) is 10.3. The Bertz CT molecular complexity index is 1550. The number of anilines is 2. The molecule has 11 heteroatoms. The SMILES string of the molecule is O=C(Nc1ccc(Cl)cc1)c1cc(Oc2ccccc2)ccc1NS(=O)(=O)Cc1cccc(C(F)(F)F)c1. The number of carbonyl (C=O) groups is 1. The Hall–Kier alpha value is -4.02. The summed E-state index contributed by atoms with van der Waals surface area (Å²) in [6, 6.07) is 23.2. The molecule has 0 aliphatic carbocycles. The lowest BCUT2D eigenvalue weighted by molar-refractivity contribution is -0.137. The topological polar surface area (TPSA) is 84.5 Å². The number of hydrogen-bond donors (Lipinski definition) is 2. The number of ether oxygens (including phenoxy) is 1. The average molecular weight is 561 g/mol. The van der Waals surface area contributed by atoms with Crippen molar-refractivity contribution in [2.45, 2.75) is 11.9 Å². The normalized spacial score (nSPS) is 11.6. The number of rotatable bonds is 8. The number of nitrogens with one attached hydrogen (secondary N) is 2. The molecule has 0 saturated heterocycles. The molecule has 4 aromatic carbocycles. The van der Waals surface area contributed by atoms with Gasteiger partial charge in [0.05, 0.1) is 22.6 Å². The zero-order valence-corrected chi connectivity index (χ0v) is 21.1. The Morgan fingerprint density at radius 2 is 1.55 bits per heavy atom. The first-order valence-corrected chi connectivity index (χ1v) is 13.1. The monoisotopic (exact) mass is 560 g/mol. The van der Waals surface area contributed by atoms with Gasteiger partial charge in [-0.05, 0) is 66.2 Å². The van der Waals surface area contributed by atoms with Crippen molar-refractivity contribution in [2.75, 3.05) is 10.0 Å². The number of alkyl halides is 3. The van der Waals surface area contributed by atoms with Gasteiger partial charge < -0.3 is 10.1 Å². The van der Waals surface area contributed by atoms with Crippen molar-refractivity contribution in [3.8, 4) is 11.5 Å². The molecule has 0 bridgehead atoms. The van der Waals surface area contributed by atoms with E-state index in [4.69, 9.17) is 16.3 Å². The molecule has 0 spiro atoms. The zero-order chi connectivity index (χ0) is 27.3. The molecule has 0 unspecified atom stereocenters. The van der Waals surface area contributed by atoms with E-state index in [9.17, 15) is 26.4 Å². The predicted octanol–water partition coefficient (Wildman–Crippen LogP) is 7.35. The summed E-state index contributed by atoms with van der Waals surface area (Å²) in [5.74, 6) is -0.632. The molecule has 0 atom stereocenters. The molecular formula is C27H20ClF3N2O4S. The van der Waals surface area contributed by atoms with Gasteiger partial charge in [0.15, 0.2) is 0 Å². The minimum absolute atomic E-state index is 0.0662. The van der Waals surface area contributed by atoms with Gasteiger partial charge in [0, 0.05) is 10.7 Å². The molecule has 38 heavy (non-hydrogen) atoms. The molecular weight excluding hydrogens is 541 g/mol. The van der Waals surface area contributed by atoms with Crippen molar-refractivity contribution in [3.05, 3.63) is 119 Å². The molecule has 2 N–H and O–H groups in total. The molecule has 4 aromatic rings. The van der Waals surface area contributed by atoms with Crippen LogP contribution in [-0.2, 0) is 22.0 Å². The number of benzene rings is 4. The third-order valence-electron chi connectivity index (χ3n) is 5.19. The standard InChI is InChI=1S/C27H20ClF3N2O4S/c28-20-9-11-21(12-10-20)32-26(34)24-16-23(37-22-7-2-1-3-8-22)13-14-25(24)33-38(35,36)17-18-5-4-6-19(15-18)27(29,30)31/h1-16,33H,17H2,(H,32,34). The molecule has 196 valence electrons. The van der Waals surface area contributed by atoms with Crippen LogP contribution in [0.25, 0.3) is 0 Å². The van der Waals surface area contributed by atoms with Crippen LogP contribution in [0.2, 0.25) is 5.02 Å². The highest BCUT2D eigenvalue weighted by molar-refractivity contribution is 7.91. The van der Waals surface area contributed by atoms with Gasteiger partial charge in [0.1, 0.15) is 11.5 Å². The first-order chi connectivity index (χ1) is 18.0. The van der Waals surface area contributed by atoms with E-state index in [2.05, 4.69) is 10.0 Å². The summed E-state index contributed by atoms with van der Waals surface area (Å²) >= 11 is 5.89. The van der Waals surface area contributed by atoms with Gasteiger partial charge >= 0.3 is 6.18 Å². The summed E-state index contributed by atoms with van der Waals surface area (Å²) in [6.07, 6.45) is -4.62. The van der Waals surface area contributed by atoms with E-state index in [1.54, 1.807) is 54.6 Å². The Morgan fingerprint density at radius 1 is 0.842 bits per heavy atom. The summed E-state index contributed by atoms with van der Waals surface area (Å²) < 4.78 is 73.1. The van der Waals surface area contributed by atoms with Gasteiger partial charge in [-0.3, -0.25) is 9.52 Å². The summed E-state index contributed by atoms with van der Waals surface area (Å²) in [5.41, 5.74) is -0.768. The number of hydrogen-bond acceptors (Lipinski definition) is 4. The zero-order valence-electron chi connectivity index (χ0n) is 19.5. The molecule has 0 radical (unpaired) electrons. The van der Waals surface area contributed by atoms with Crippen molar-refractivity contribution in [2.24, 2.45) is 0 Å². The molecule has 0 fully saturated rings. The molecule has 6 nitrogen and oxygen atoms in total. The summed E-state index contributed by atoms with van der Waals surface area (Å²) in [7, 11) is -4.21. The van der Waals surface area contributed by atoms with E-state index in [1.807, 2.05) is 0 Å². The summed E-state index contributed by atoms with van der Waals surface area (Å²) in [5, 5.41) is 3.13. The maximum Gasteiger partial charge on any atom is 0.416 e. The van der Waals surface area contributed by atoms with Crippen molar-refractivity contribution in [3.63, 3.8) is 0 Å². The highest BCUT2D eigenvalue weighted by Crippen LogP contribution is 2.31.